The lowest BCUT2D eigenvalue weighted by molar-refractivity contribution is -0.708. The highest BCUT2D eigenvalue weighted by atomic mass is 35.5. The second-order valence-electron chi connectivity index (χ2n) is 6.02. The van der Waals surface area contributed by atoms with Gasteiger partial charge in [-0.15, -0.1) is 11.3 Å². The zero-order chi connectivity index (χ0) is 18.8. The number of halogens is 1. The molecule has 3 aromatic rings. The number of benzene rings is 1. The first-order valence-corrected chi connectivity index (χ1v) is 9.29. The summed E-state index contributed by atoms with van der Waals surface area (Å²) in [5, 5.41) is 3.23. The predicted octanol–water partition coefficient (Wildman–Crippen LogP) is 2.56. The summed E-state index contributed by atoms with van der Waals surface area (Å²) < 4.78 is 4.77. The Morgan fingerprint density at radius 3 is 2.73 bits per heavy atom. The summed E-state index contributed by atoms with van der Waals surface area (Å²) in [6.07, 6.45) is 0. The summed E-state index contributed by atoms with van der Waals surface area (Å²) in [5.74, 6) is 0.121. The van der Waals surface area contributed by atoms with E-state index in [1.54, 1.807) is 6.92 Å². The first-order chi connectivity index (χ1) is 12.4. The van der Waals surface area contributed by atoms with Crippen LogP contribution in [0.1, 0.15) is 39.6 Å². The Balaban J connectivity index is 1.83. The number of H-pyrrole nitrogens is 1. The zero-order valence-electron chi connectivity index (χ0n) is 14.6. The van der Waals surface area contributed by atoms with Crippen molar-refractivity contribution in [3.8, 4) is 0 Å². The van der Waals surface area contributed by atoms with Crippen LogP contribution >= 0.6 is 22.9 Å². The van der Waals surface area contributed by atoms with Gasteiger partial charge in [0, 0.05) is 10.6 Å². The number of thiophene rings is 1. The molecule has 0 spiro atoms. The lowest BCUT2D eigenvalue weighted by Gasteiger charge is -2.10. The number of aromatic nitrogens is 2. The van der Waals surface area contributed by atoms with Crippen LogP contribution in [0.4, 0.5) is 0 Å². The van der Waals surface area contributed by atoms with Gasteiger partial charge < -0.3 is 15.0 Å². The molecule has 0 aliphatic rings. The Morgan fingerprint density at radius 1 is 1.38 bits per heavy atom. The Labute approximate surface area is 159 Å². The van der Waals surface area contributed by atoms with Crippen molar-refractivity contribution in [1.82, 2.24) is 9.97 Å². The number of aromatic amines is 1. The summed E-state index contributed by atoms with van der Waals surface area (Å²) >= 11 is 7.10. The van der Waals surface area contributed by atoms with E-state index >= 15 is 0 Å². The van der Waals surface area contributed by atoms with E-state index in [9.17, 15) is 9.59 Å². The van der Waals surface area contributed by atoms with Gasteiger partial charge >= 0.3 is 5.97 Å². The van der Waals surface area contributed by atoms with E-state index in [2.05, 4.69) is 22.2 Å². The van der Waals surface area contributed by atoms with Crippen LogP contribution in [0.3, 0.4) is 0 Å². The molecule has 0 saturated heterocycles. The minimum absolute atomic E-state index is 0.184. The average molecular weight is 393 g/mol. The molecule has 3 N–H and O–H groups in total. The molecule has 0 aliphatic heterocycles. The fourth-order valence-corrected chi connectivity index (χ4v) is 4.01. The second kappa shape index (κ2) is 7.57. The second-order valence-corrected chi connectivity index (χ2v) is 7.46. The van der Waals surface area contributed by atoms with Gasteiger partial charge in [-0.05, 0) is 31.5 Å². The zero-order valence-corrected chi connectivity index (χ0v) is 16.2. The van der Waals surface area contributed by atoms with Crippen LogP contribution in [0.25, 0.3) is 10.2 Å². The summed E-state index contributed by atoms with van der Waals surface area (Å²) in [4.78, 5) is 32.5. The molecule has 0 aliphatic carbocycles. The Hall–Kier alpha value is -2.22. The van der Waals surface area contributed by atoms with E-state index in [0.717, 1.165) is 5.56 Å². The van der Waals surface area contributed by atoms with E-state index in [0.29, 0.717) is 38.0 Å². The number of methoxy groups -OCH3 is 1. The lowest BCUT2D eigenvalue weighted by Crippen LogP contribution is -2.83. The topological polar surface area (TPSA) is 88.7 Å². The number of nitrogens with one attached hydrogen (secondary N) is 1. The van der Waals surface area contributed by atoms with Gasteiger partial charge in [-0.1, -0.05) is 23.7 Å². The standard InChI is InChI=1S/C18H18ClN3O3S/c1-9-14-16(23)21-13(22-17(14)26-15(9)18(24)25-3)8-20-10(2)11-4-6-12(19)7-5-11/h4-7,10,20H,8H2,1-3H3,(H,21,22,23)/p+1/t10-/m1/s1. The number of ether oxygens (including phenoxy) is 1. The fourth-order valence-electron chi connectivity index (χ4n) is 2.76. The van der Waals surface area contributed by atoms with Crippen LogP contribution in [0, 0.1) is 6.92 Å². The normalized spacial score (nSPS) is 12.3. The number of esters is 1. The molecule has 26 heavy (non-hydrogen) atoms. The molecular weight excluding hydrogens is 374 g/mol. The van der Waals surface area contributed by atoms with Gasteiger partial charge in [-0.3, -0.25) is 4.79 Å². The van der Waals surface area contributed by atoms with Gasteiger partial charge in [0.1, 0.15) is 22.3 Å². The first kappa shape index (κ1) is 18.6. The minimum Gasteiger partial charge on any atom is -0.465 e. The molecule has 0 amide bonds. The molecule has 2 heterocycles. The van der Waals surface area contributed by atoms with Crippen LogP contribution in [0.2, 0.25) is 5.02 Å². The maximum Gasteiger partial charge on any atom is 0.348 e. The van der Waals surface area contributed by atoms with Crippen LogP contribution in [0.15, 0.2) is 29.1 Å². The third-order valence-corrected chi connectivity index (χ3v) is 5.70. The number of rotatable bonds is 5. The lowest BCUT2D eigenvalue weighted by atomic mass is 10.1. The summed E-state index contributed by atoms with van der Waals surface area (Å²) in [6.45, 7) is 4.32. The van der Waals surface area contributed by atoms with Crippen molar-refractivity contribution >= 4 is 39.1 Å². The van der Waals surface area contributed by atoms with Crippen molar-refractivity contribution in [2.45, 2.75) is 26.4 Å². The molecule has 0 fully saturated rings. The smallest absolute Gasteiger partial charge is 0.348 e. The van der Waals surface area contributed by atoms with Crippen molar-refractivity contribution in [2.75, 3.05) is 7.11 Å². The third kappa shape index (κ3) is 3.65. The quantitative estimate of drug-likeness (QED) is 0.653. The van der Waals surface area contributed by atoms with Gasteiger partial charge in [-0.2, -0.15) is 0 Å². The average Bonchev–Trinajstić information content (AvgIpc) is 2.96. The van der Waals surface area contributed by atoms with Crippen LogP contribution in [-0.4, -0.2) is 23.0 Å². The van der Waals surface area contributed by atoms with Gasteiger partial charge in [0.05, 0.1) is 12.5 Å². The maximum atomic E-state index is 12.4. The molecule has 136 valence electrons. The van der Waals surface area contributed by atoms with Crippen molar-refractivity contribution in [3.05, 3.63) is 61.5 Å². The van der Waals surface area contributed by atoms with Crippen molar-refractivity contribution in [3.63, 3.8) is 0 Å². The van der Waals surface area contributed by atoms with Crippen molar-refractivity contribution < 1.29 is 14.8 Å². The number of carbonyl (C=O) groups excluding carboxylic acids is 1. The van der Waals surface area contributed by atoms with E-state index in [4.69, 9.17) is 16.3 Å². The Morgan fingerprint density at radius 2 is 2.08 bits per heavy atom. The largest absolute Gasteiger partial charge is 0.465 e. The number of nitrogens with two attached hydrogens (primary N) is 1. The molecule has 3 rings (SSSR count). The van der Waals surface area contributed by atoms with Crippen LogP contribution < -0.4 is 10.9 Å². The van der Waals surface area contributed by atoms with Gasteiger partial charge in [-0.25, -0.2) is 9.78 Å². The van der Waals surface area contributed by atoms with Gasteiger partial charge in [0.15, 0.2) is 5.82 Å². The van der Waals surface area contributed by atoms with Gasteiger partial charge in [0.25, 0.3) is 5.56 Å². The molecule has 6 nitrogen and oxygen atoms in total. The molecule has 0 unspecified atom stereocenters. The highest BCUT2D eigenvalue weighted by molar-refractivity contribution is 7.20. The number of fused-ring (bicyclic) bond motifs is 1. The molecule has 8 heteroatoms. The van der Waals surface area contributed by atoms with Crippen LogP contribution in [-0.2, 0) is 11.3 Å². The van der Waals surface area contributed by atoms with Gasteiger partial charge in [0.2, 0.25) is 0 Å². The highest BCUT2D eigenvalue weighted by Gasteiger charge is 2.20. The molecular formula is C18H19ClN3O3S+. The molecule has 1 atom stereocenters. The number of aryl methyl sites for hydroxylation is 1. The predicted molar refractivity (Wildman–Crippen MR) is 102 cm³/mol. The number of carbonyl (C=O) groups is 1. The third-order valence-electron chi connectivity index (χ3n) is 4.28. The van der Waals surface area contributed by atoms with E-state index in [-0.39, 0.29) is 11.6 Å². The van der Waals surface area contributed by atoms with E-state index in [1.165, 1.54) is 18.4 Å². The first-order valence-electron chi connectivity index (χ1n) is 8.10. The summed E-state index contributed by atoms with van der Waals surface area (Å²) in [6, 6.07) is 7.86. The van der Waals surface area contributed by atoms with Crippen molar-refractivity contribution in [1.29, 1.82) is 0 Å². The Bertz CT molecular complexity index is 1010. The SMILES string of the molecule is COC(=O)c1sc2nc(C[NH2+][C@H](C)c3ccc(Cl)cc3)[nH]c(=O)c2c1C. The monoisotopic (exact) mass is 392 g/mol. The molecule has 0 saturated carbocycles. The molecule has 2 aromatic heterocycles. The number of quaternary nitrogens is 1. The maximum absolute atomic E-state index is 12.4. The molecule has 1 aromatic carbocycles. The Kier molecular flexibility index (Phi) is 5.41. The van der Waals surface area contributed by atoms with E-state index < -0.39 is 5.97 Å². The number of hydrogen-bond acceptors (Lipinski definition) is 5. The van der Waals surface area contributed by atoms with Crippen LogP contribution in [0.5, 0.6) is 0 Å². The summed E-state index contributed by atoms with van der Waals surface area (Å²) in [5.41, 5.74) is 1.51. The van der Waals surface area contributed by atoms with Crippen molar-refractivity contribution in [2.24, 2.45) is 0 Å². The number of hydrogen-bond donors (Lipinski definition) is 2. The highest BCUT2D eigenvalue weighted by Crippen LogP contribution is 2.27. The summed E-state index contributed by atoms with van der Waals surface area (Å²) in [7, 11) is 1.32. The molecule has 0 bridgehead atoms. The fraction of sp³-hybridized carbons (Fsp3) is 0.278. The van der Waals surface area contributed by atoms with E-state index in [1.807, 2.05) is 24.3 Å². The number of nitrogens with zero attached hydrogens (tertiary/aromatic N) is 1. The molecule has 0 radical (unpaired) electrons. The minimum atomic E-state index is -0.450.